The van der Waals surface area contributed by atoms with Crippen LogP contribution in [0.1, 0.15) is 5.56 Å². The molecule has 0 spiro atoms. The Bertz CT molecular complexity index is 409. The molecule has 3 heteroatoms. The summed E-state index contributed by atoms with van der Waals surface area (Å²) in [7, 11) is 0. The molecular weight excluding hydrogens is 164 g/mol. The SMILES string of the molecule is ONCc1cccc2cccnc12. The third-order valence-electron chi connectivity index (χ3n) is 1.99. The second kappa shape index (κ2) is 3.51. The second-order valence-electron chi connectivity index (χ2n) is 2.83. The van der Waals surface area contributed by atoms with E-state index in [1.807, 2.05) is 30.3 Å². The lowest BCUT2D eigenvalue weighted by Gasteiger charge is -2.03. The van der Waals surface area contributed by atoms with E-state index in [4.69, 9.17) is 5.21 Å². The minimum atomic E-state index is 0.425. The van der Waals surface area contributed by atoms with Crippen molar-refractivity contribution in [2.45, 2.75) is 6.54 Å². The Hall–Kier alpha value is -1.45. The van der Waals surface area contributed by atoms with Gasteiger partial charge in [0.05, 0.1) is 5.52 Å². The highest BCUT2D eigenvalue weighted by Gasteiger charge is 1.99. The number of nitrogens with zero attached hydrogens (tertiary/aromatic N) is 1. The topological polar surface area (TPSA) is 45.1 Å². The van der Waals surface area contributed by atoms with E-state index in [0.717, 1.165) is 16.5 Å². The van der Waals surface area contributed by atoms with E-state index in [1.54, 1.807) is 6.20 Å². The van der Waals surface area contributed by atoms with Gasteiger partial charge in [0.2, 0.25) is 0 Å². The normalized spacial score (nSPS) is 10.5. The number of fused-ring (bicyclic) bond motifs is 1. The summed E-state index contributed by atoms with van der Waals surface area (Å²) in [6.45, 7) is 0.425. The third kappa shape index (κ3) is 1.52. The molecule has 13 heavy (non-hydrogen) atoms. The van der Waals surface area contributed by atoms with Crippen molar-refractivity contribution >= 4 is 10.9 Å². The van der Waals surface area contributed by atoms with Crippen molar-refractivity contribution in [3.05, 3.63) is 42.1 Å². The average molecular weight is 174 g/mol. The number of aromatic nitrogens is 1. The molecule has 0 saturated heterocycles. The van der Waals surface area contributed by atoms with E-state index in [-0.39, 0.29) is 0 Å². The number of hydrogen-bond acceptors (Lipinski definition) is 3. The summed E-state index contributed by atoms with van der Waals surface area (Å²) in [5.41, 5.74) is 4.07. The molecule has 66 valence electrons. The fourth-order valence-corrected chi connectivity index (χ4v) is 1.40. The van der Waals surface area contributed by atoms with Gasteiger partial charge in [-0.1, -0.05) is 24.3 Å². The lowest BCUT2D eigenvalue weighted by Crippen LogP contribution is -2.06. The Balaban J connectivity index is 2.61. The van der Waals surface area contributed by atoms with Crippen molar-refractivity contribution in [3.63, 3.8) is 0 Å². The van der Waals surface area contributed by atoms with Gasteiger partial charge in [-0.15, -0.1) is 0 Å². The molecule has 2 N–H and O–H groups in total. The fraction of sp³-hybridized carbons (Fsp3) is 0.100. The fourth-order valence-electron chi connectivity index (χ4n) is 1.40. The largest absolute Gasteiger partial charge is 0.316 e. The van der Waals surface area contributed by atoms with Crippen molar-refractivity contribution in [2.75, 3.05) is 0 Å². The standard InChI is InChI=1S/C10H10N2O/c13-12-7-9-4-1-3-8-5-2-6-11-10(8)9/h1-6,12-13H,7H2. The van der Waals surface area contributed by atoms with Gasteiger partial charge in [-0.3, -0.25) is 4.98 Å². The molecule has 0 radical (unpaired) electrons. The highest BCUT2D eigenvalue weighted by molar-refractivity contribution is 5.81. The molecule has 3 nitrogen and oxygen atoms in total. The molecule has 0 fully saturated rings. The van der Waals surface area contributed by atoms with Crippen LogP contribution >= 0.6 is 0 Å². The number of hydrogen-bond donors (Lipinski definition) is 2. The first-order valence-electron chi connectivity index (χ1n) is 4.11. The van der Waals surface area contributed by atoms with Crippen LogP contribution in [-0.2, 0) is 6.54 Å². The minimum absolute atomic E-state index is 0.425. The van der Waals surface area contributed by atoms with Crippen LogP contribution in [0.3, 0.4) is 0 Å². The lowest BCUT2D eigenvalue weighted by atomic mass is 10.1. The van der Waals surface area contributed by atoms with Gasteiger partial charge in [-0.25, -0.2) is 5.48 Å². The molecule has 2 aromatic rings. The molecule has 0 saturated carbocycles. The van der Waals surface area contributed by atoms with Crippen molar-refractivity contribution < 1.29 is 5.21 Å². The zero-order valence-corrected chi connectivity index (χ0v) is 7.07. The van der Waals surface area contributed by atoms with Crippen LogP contribution in [0, 0.1) is 0 Å². The summed E-state index contributed by atoms with van der Waals surface area (Å²) in [5, 5.41) is 9.69. The average Bonchev–Trinajstić information content (AvgIpc) is 2.19. The smallest absolute Gasteiger partial charge is 0.0747 e. The van der Waals surface area contributed by atoms with E-state index < -0.39 is 0 Å². The summed E-state index contributed by atoms with van der Waals surface area (Å²) >= 11 is 0. The molecule has 0 unspecified atom stereocenters. The first kappa shape index (κ1) is 8.16. The van der Waals surface area contributed by atoms with Crippen LogP contribution in [0.25, 0.3) is 10.9 Å². The summed E-state index contributed by atoms with van der Waals surface area (Å²) in [4.78, 5) is 4.25. The van der Waals surface area contributed by atoms with Gasteiger partial charge >= 0.3 is 0 Å². The maximum absolute atomic E-state index is 8.60. The van der Waals surface area contributed by atoms with E-state index in [0.29, 0.717) is 6.54 Å². The number of pyridine rings is 1. The zero-order chi connectivity index (χ0) is 9.10. The van der Waals surface area contributed by atoms with Crippen LogP contribution in [0.5, 0.6) is 0 Å². The van der Waals surface area contributed by atoms with Crippen molar-refractivity contribution in [1.82, 2.24) is 10.5 Å². The summed E-state index contributed by atoms with van der Waals surface area (Å²) in [6, 6.07) is 9.81. The van der Waals surface area contributed by atoms with Crippen LogP contribution in [0.15, 0.2) is 36.5 Å². The number of para-hydroxylation sites is 1. The van der Waals surface area contributed by atoms with Gasteiger partial charge in [-0.2, -0.15) is 0 Å². The Labute approximate surface area is 76.0 Å². The lowest BCUT2D eigenvalue weighted by molar-refractivity contribution is 0.161. The Morgan fingerprint density at radius 3 is 2.92 bits per heavy atom. The van der Waals surface area contributed by atoms with Crippen molar-refractivity contribution in [3.8, 4) is 0 Å². The molecule has 2 rings (SSSR count). The van der Waals surface area contributed by atoms with E-state index >= 15 is 0 Å². The summed E-state index contributed by atoms with van der Waals surface area (Å²) < 4.78 is 0. The van der Waals surface area contributed by atoms with Gasteiger partial charge in [0.1, 0.15) is 0 Å². The van der Waals surface area contributed by atoms with Crippen LogP contribution in [0.4, 0.5) is 0 Å². The monoisotopic (exact) mass is 174 g/mol. The Kier molecular flexibility index (Phi) is 2.21. The number of hydroxylamine groups is 1. The molecule has 1 aromatic heterocycles. The van der Waals surface area contributed by atoms with Gasteiger partial charge < -0.3 is 5.21 Å². The van der Waals surface area contributed by atoms with Crippen molar-refractivity contribution in [1.29, 1.82) is 0 Å². The zero-order valence-electron chi connectivity index (χ0n) is 7.07. The molecule has 0 amide bonds. The molecule has 0 aliphatic carbocycles. The highest BCUT2D eigenvalue weighted by atomic mass is 16.5. The quantitative estimate of drug-likeness (QED) is 0.681. The maximum Gasteiger partial charge on any atom is 0.0747 e. The highest BCUT2D eigenvalue weighted by Crippen LogP contribution is 2.15. The molecule has 1 aromatic carbocycles. The molecule has 1 heterocycles. The third-order valence-corrected chi connectivity index (χ3v) is 1.99. The molecule has 0 aliphatic heterocycles. The minimum Gasteiger partial charge on any atom is -0.316 e. The van der Waals surface area contributed by atoms with E-state index in [2.05, 4.69) is 10.5 Å². The molecule has 0 aliphatic rings. The van der Waals surface area contributed by atoms with E-state index in [1.165, 1.54) is 0 Å². The first-order chi connectivity index (χ1) is 6.42. The number of nitrogens with one attached hydrogen (secondary N) is 1. The molecule has 0 bridgehead atoms. The van der Waals surface area contributed by atoms with Crippen LogP contribution in [0.2, 0.25) is 0 Å². The van der Waals surface area contributed by atoms with Gasteiger partial charge in [0.15, 0.2) is 0 Å². The van der Waals surface area contributed by atoms with Crippen molar-refractivity contribution in [2.24, 2.45) is 0 Å². The predicted molar refractivity (Wildman–Crippen MR) is 50.4 cm³/mol. The van der Waals surface area contributed by atoms with Gasteiger partial charge in [0.25, 0.3) is 0 Å². The molecular formula is C10H10N2O. The van der Waals surface area contributed by atoms with E-state index in [9.17, 15) is 0 Å². The summed E-state index contributed by atoms with van der Waals surface area (Å²) in [5.74, 6) is 0. The summed E-state index contributed by atoms with van der Waals surface area (Å²) in [6.07, 6.45) is 1.75. The maximum atomic E-state index is 8.60. The molecule has 0 atom stereocenters. The Morgan fingerprint density at radius 1 is 1.23 bits per heavy atom. The first-order valence-corrected chi connectivity index (χ1v) is 4.11. The number of benzene rings is 1. The predicted octanol–water partition coefficient (Wildman–Crippen LogP) is 1.71. The Morgan fingerprint density at radius 2 is 2.08 bits per heavy atom. The van der Waals surface area contributed by atoms with Crippen LogP contribution in [-0.4, -0.2) is 10.2 Å². The van der Waals surface area contributed by atoms with Crippen LogP contribution < -0.4 is 5.48 Å². The number of rotatable bonds is 2. The van der Waals surface area contributed by atoms with Gasteiger partial charge in [0, 0.05) is 18.1 Å². The second-order valence-corrected chi connectivity index (χ2v) is 2.83. The van der Waals surface area contributed by atoms with Gasteiger partial charge in [-0.05, 0) is 11.6 Å².